The van der Waals surface area contributed by atoms with Crippen molar-refractivity contribution >= 4 is 11.5 Å². The van der Waals surface area contributed by atoms with Crippen LogP contribution in [0.5, 0.6) is 5.75 Å². The van der Waals surface area contributed by atoms with Crippen LogP contribution in [0.3, 0.4) is 0 Å². The van der Waals surface area contributed by atoms with Gasteiger partial charge in [0.15, 0.2) is 5.82 Å². The number of hydrogen-bond acceptors (Lipinski definition) is 4. The monoisotopic (exact) mass is 255 g/mol. The van der Waals surface area contributed by atoms with Gasteiger partial charge < -0.3 is 15.4 Å². The van der Waals surface area contributed by atoms with Crippen LogP contribution in [0.25, 0.3) is 0 Å². The Balaban J connectivity index is 1.94. The molecule has 0 fully saturated rings. The van der Waals surface area contributed by atoms with Crippen LogP contribution in [-0.4, -0.2) is 18.1 Å². The van der Waals surface area contributed by atoms with Gasteiger partial charge in [-0.1, -0.05) is 18.2 Å². The Kier molecular flexibility index (Phi) is 2.99. The molecule has 2 aromatic rings. The number of hydrogen-bond donors (Lipinski definition) is 1. The highest BCUT2D eigenvalue weighted by atomic mass is 16.5. The van der Waals surface area contributed by atoms with Gasteiger partial charge in [0, 0.05) is 18.3 Å². The van der Waals surface area contributed by atoms with Crippen LogP contribution in [0.15, 0.2) is 36.5 Å². The third-order valence-electron chi connectivity index (χ3n) is 3.28. The van der Waals surface area contributed by atoms with E-state index in [0.29, 0.717) is 6.61 Å². The summed E-state index contributed by atoms with van der Waals surface area (Å²) in [4.78, 5) is 6.63. The Hall–Kier alpha value is -2.23. The van der Waals surface area contributed by atoms with E-state index >= 15 is 0 Å². The maximum absolute atomic E-state index is 6.08. The number of aromatic nitrogens is 1. The molecular weight excluding hydrogens is 238 g/mol. The molecule has 0 atom stereocenters. The van der Waals surface area contributed by atoms with Crippen molar-refractivity contribution in [1.82, 2.24) is 4.98 Å². The molecule has 0 radical (unpaired) electrons. The van der Waals surface area contributed by atoms with E-state index in [1.807, 2.05) is 37.4 Å². The Bertz CT molecular complexity index is 598. The molecule has 0 saturated carbocycles. The van der Waals surface area contributed by atoms with Gasteiger partial charge in [0.2, 0.25) is 0 Å². The highest BCUT2D eigenvalue weighted by Gasteiger charge is 2.17. The second-order valence-electron chi connectivity index (χ2n) is 4.80. The molecule has 0 bridgehead atoms. The summed E-state index contributed by atoms with van der Waals surface area (Å²) in [5.74, 6) is 1.79. The first-order valence-electron chi connectivity index (χ1n) is 6.42. The minimum absolute atomic E-state index is 0.645. The Labute approximate surface area is 112 Å². The van der Waals surface area contributed by atoms with E-state index in [-0.39, 0.29) is 0 Å². The van der Waals surface area contributed by atoms with Gasteiger partial charge >= 0.3 is 0 Å². The van der Waals surface area contributed by atoms with Gasteiger partial charge in [-0.2, -0.15) is 0 Å². The molecule has 0 unspecified atom stereocenters. The number of nitrogen functional groups attached to an aromatic ring is 1. The fourth-order valence-electron chi connectivity index (χ4n) is 2.36. The number of benzene rings is 1. The molecule has 4 heteroatoms. The second-order valence-corrected chi connectivity index (χ2v) is 4.80. The van der Waals surface area contributed by atoms with Crippen molar-refractivity contribution in [2.75, 3.05) is 23.8 Å². The van der Waals surface area contributed by atoms with Gasteiger partial charge in [-0.05, 0) is 24.6 Å². The number of rotatable bonds is 1. The van der Waals surface area contributed by atoms with Crippen molar-refractivity contribution < 1.29 is 4.74 Å². The van der Waals surface area contributed by atoms with E-state index in [2.05, 4.69) is 16.0 Å². The molecule has 1 aliphatic heterocycles. The zero-order valence-electron chi connectivity index (χ0n) is 11.0. The number of pyridine rings is 1. The second kappa shape index (κ2) is 4.80. The third-order valence-corrected chi connectivity index (χ3v) is 3.28. The largest absolute Gasteiger partial charge is 0.491 e. The number of anilines is 2. The average molecular weight is 255 g/mol. The zero-order valence-corrected chi connectivity index (χ0v) is 11.0. The van der Waals surface area contributed by atoms with E-state index in [1.165, 1.54) is 5.56 Å². The van der Waals surface area contributed by atoms with Crippen LogP contribution in [0.1, 0.15) is 11.1 Å². The van der Waals surface area contributed by atoms with Crippen molar-refractivity contribution in [3.8, 4) is 5.75 Å². The van der Waals surface area contributed by atoms with Gasteiger partial charge in [0.1, 0.15) is 12.4 Å². The fraction of sp³-hybridized carbons (Fsp3) is 0.267. The smallest absolute Gasteiger partial charge is 0.152 e. The number of nitrogens with zero attached hydrogens (tertiary/aromatic N) is 2. The number of nitrogens with two attached hydrogens (primary N) is 1. The van der Waals surface area contributed by atoms with Crippen LogP contribution in [0.2, 0.25) is 0 Å². The van der Waals surface area contributed by atoms with Gasteiger partial charge in [0.05, 0.1) is 12.2 Å². The first kappa shape index (κ1) is 11.8. The molecule has 3 rings (SSSR count). The lowest BCUT2D eigenvalue weighted by Crippen LogP contribution is -2.27. The van der Waals surface area contributed by atoms with Gasteiger partial charge in [-0.25, -0.2) is 4.98 Å². The Morgan fingerprint density at radius 2 is 2.16 bits per heavy atom. The number of ether oxygens (including phenoxy) is 1. The van der Waals surface area contributed by atoms with Crippen molar-refractivity contribution in [1.29, 1.82) is 0 Å². The minimum atomic E-state index is 0.645. The SMILES string of the molecule is Cc1cnc(N2CCOc3ccccc3C2)c(N)c1. The van der Waals surface area contributed by atoms with E-state index < -0.39 is 0 Å². The molecule has 2 heterocycles. The van der Waals surface area contributed by atoms with Crippen LogP contribution in [0, 0.1) is 6.92 Å². The van der Waals surface area contributed by atoms with E-state index in [4.69, 9.17) is 10.5 Å². The highest BCUT2D eigenvalue weighted by Crippen LogP contribution is 2.28. The maximum Gasteiger partial charge on any atom is 0.152 e. The molecule has 2 N–H and O–H groups in total. The van der Waals surface area contributed by atoms with Crippen LogP contribution in [-0.2, 0) is 6.54 Å². The molecule has 1 aromatic carbocycles. The number of aryl methyl sites for hydroxylation is 1. The highest BCUT2D eigenvalue weighted by molar-refractivity contribution is 5.63. The molecule has 0 amide bonds. The van der Waals surface area contributed by atoms with Crippen LogP contribution < -0.4 is 15.4 Å². The summed E-state index contributed by atoms with van der Waals surface area (Å²) in [5, 5.41) is 0. The van der Waals surface area contributed by atoms with Gasteiger partial charge in [-0.15, -0.1) is 0 Å². The summed E-state index contributed by atoms with van der Waals surface area (Å²) >= 11 is 0. The van der Waals surface area contributed by atoms with Crippen molar-refractivity contribution in [3.05, 3.63) is 47.7 Å². The van der Waals surface area contributed by atoms with Gasteiger partial charge in [-0.3, -0.25) is 0 Å². The number of para-hydroxylation sites is 1. The first-order chi connectivity index (χ1) is 9.24. The lowest BCUT2D eigenvalue weighted by atomic mass is 10.2. The van der Waals surface area contributed by atoms with Gasteiger partial charge in [0.25, 0.3) is 0 Å². The summed E-state index contributed by atoms with van der Waals surface area (Å²) in [5.41, 5.74) is 9.04. The normalized spacial score (nSPS) is 14.5. The zero-order chi connectivity index (χ0) is 13.2. The topological polar surface area (TPSA) is 51.4 Å². The summed E-state index contributed by atoms with van der Waals surface area (Å²) < 4.78 is 5.75. The standard InChI is InChI=1S/C15H17N3O/c1-11-8-13(16)15(17-9-11)18-6-7-19-14-5-3-2-4-12(14)10-18/h2-5,8-9H,6-7,10,16H2,1H3. The Morgan fingerprint density at radius 3 is 3.00 bits per heavy atom. The van der Waals surface area contributed by atoms with Crippen molar-refractivity contribution in [3.63, 3.8) is 0 Å². The summed E-state index contributed by atoms with van der Waals surface area (Å²) in [6.07, 6.45) is 1.85. The predicted molar refractivity (Wildman–Crippen MR) is 76.4 cm³/mol. The molecule has 98 valence electrons. The lowest BCUT2D eigenvalue weighted by molar-refractivity contribution is 0.331. The van der Waals surface area contributed by atoms with Crippen molar-refractivity contribution in [2.45, 2.75) is 13.5 Å². The van der Waals surface area contributed by atoms with E-state index in [1.54, 1.807) is 0 Å². The quantitative estimate of drug-likeness (QED) is 0.850. The minimum Gasteiger partial charge on any atom is -0.491 e. The van der Waals surface area contributed by atoms with Crippen molar-refractivity contribution in [2.24, 2.45) is 0 Å². The van der Waals surface area contributed by atoms with E-state index in [9.17, 15) is 0 Å². The third kappa shape index (κ3) is 2.34. The summed E-state index contributed by atoms with van der Waals surface area (Å²) in [7, 11) is 0. The average Bonchev–Trinajstić information content (AvgIpc) is 2.60. The van der Waals surface area contributed by atoms with Crippen LogP contribution >= 0.6 is 0 Å². The molecule has 4 nitrogen and oxygen atoms in total. The lowest BCUT2D eigenvalue weighted by Gasteiger charge is -2.22. The predicted octanol–water partition coefficient (Wildman–Crippen LogP) is 2.37. The summed E-state index contributed by atoms with van der Waals surface area (Å²) in [6, 6.07) is 10.1. The molecule has 0 saturated heterocycles. The molecule has 0 aliphatic carbocycles. The molecule has 0 spiro atoms. The van der Waals surface area contributed by atoms with E-state index in [0.717, 1.165) is 35.9 Å². The summed E-state index contributed by atoms with van der Waals surface area (Å²) in [6.45, 7) is 4.20. The fourth-order valence-corrected chi connectivity index (χ4v) is 2.36. The first-order valence-corrected chi connectivity index (χ1v) is 6.42. The molecule has 19 heavy (non-hydrogen) atoms. The maximum atomic E-state index is 6.08. The molecule has 1 aliphatic rings. The number of fused-ring (bicyclic) bond motifs is 1. The Morgan fingerprint density at radius 1 is 1.32 bits per heavy atom. The molecular formula is C15H17N3O. The van der Waals surface area contributed by atoms with Crippen LogP contribution in [0.4, 0.5) is 11.5 Å². The molecule has 1 aromatic heterocycles.